The van der Waals surface area contributed by atoms with Gasteiger partial charge in [0.05, 0.1) is 11.6 Å². The van der Waals surface area contributed by atoms with E-state index in [0.717, 1.165) is 12.8 Å². The number of nitriles is 1. The lowest BCUT2D eigenvalue weighted by Gasteiger charge is -2.19. The fraction of sp³-hybridized carbons (Fsp3) is 0.333. The van der Waals surface area contributed by atoms with Crippen LogP contribution in [0.2, 0.25) is 0 Å². The van der Waals surface area contributed by atoms with Gasteiger partial charge in [0.1, 0.15) is 12.4 Å². The fourth-order valence-electron chi connectivity index (χ4n) is 1.65. The van der Waals surface area contributed by atoms with Crippen molar-refractivity contribution in [3.63, 3.8) is 0 Å². The zero-order chi connectivity index (χ0) is 12.4. The van der Waals surface area contributed by atoms with E-state index in [2.05, 4.69) is 15.9 Å². The minimum absolute atomic E-state index is 0.0129. The Morgan fingerprint density at radius 2 is 2.29 bits per heavy atom. The molecule has 0 saturated heterocycles. The van der Waals surface area contributed by atoms with Crippen molar-refractivity contribution in [1.29, 1.82) is 5.26 Å². The highest BCUT2D eigenvalue weighted by Crippen LogP contribution is 2.28. The second-order valence-electron chi connectivity index (χ2n) is 3.95. The summed E-state index contributed by atoms with van der Waals surface area (Å²) in [5.74, 6) is -0.966. The molecule has 1 aliphatic carbocycles. The number of halogens is 2. The van der Waals surface area contributed by atoms with Gasteiger partial charge < -0.3 is 4.90 Å². The van der Waals surface area contributed by atoms with Crippen LogP contribution in [-0.4, -0.2) is 23.4 Å². The average Bonchev–Trinajstić information content (AvgIpc) is 3.09. The molecule has 0 aromatic heterocycles. The van der Waals surface area contributed by atoms with Crippen LogP contribution in [0.5, 0.6) is 0 Å². The Labute approximate surface area is 107 Å². The van der Waals surface area contributed by atoms with Crippen molar-refractivity contribution >= 4 is 21.8 Å². The van der Waals surface area contributed by atoms with Crippen LogP contribution in [0.15, 0.2) is 22.7 Å². The second-order valence-corrected chi connectivity index (χ2v) is 4.86. The first-order valence-electron chi connectivity index (χ1n) is 5.26. The Hall–Kier alpha value is -1.41. The van der Waals surface area contributed by atoms with E-state index in [1.54, 1.807) is 6.07 Å². The van der Waals surface area contributed by atoms with Crippen LogP contribution >= 0.6 is 15.9 Å². The molecular formula is C12H10BrFN2O. The van der Waals surface area contributed by atoms with Crippen LogP contribution in [0.25, 0.3) is 0 Å². The number of carbonyl (C=O) groups is 1. The Bertz CT molecular complexity index is 494. The molecule has 17 heavy (non-hydrogen) atoms. The third-order valence-corrected chi connectivity index (χ3v) is 3.14. The summed E-state index contributed by atoms with van der Waals surface area (Å²) >= 11 is 3.14. The molecule has 0 atom stereocenters. The number of amides is 1. The van der Waals surface area contributed by atoms with E-state index >= 15 is 0 Å². The van der Waals surface area contributed by atoms with E-state index < -0.39 is 11.7 Å². The third-order valence-electron chi connectivity index (χ3n) is 2.65. The predicted octanol–water partition coefficient (Wildman–Crippen LogP) is 2.72. The van der Waals surface area contributed by atoms with Crippen molar-refractivity contribution in [2.75, 3.05) is 6.54 Å². The van der Waals surface area contributed by atoms with Crippen molar-refractivity contribution in [3.8, 4) is 6.07 Å². The van der Waals surface area contributed by atoms with E-state index in [0.29, 0.717) is 4.47 Å². The number of hydrogen-bond acceptors (Lipinski definition) is 2. The monoisotopic (exact) mass is 296 g/mol. The molecule has 0 heterocycles. The topological polar surface area (TPSA) is 44.1 Å². The normalized spacial score (nSPS) is 14.2. The van der Waals surface area contributed by atoms with Gasteiger partial charge in [0.15, 0.2) is 0 Å². The van der Waals surface area contributed by atoms with Crippen LogP contribution in [0.4, 0.5) is 4.39 Å². The SMILES string of the molecule is N#CCN(C(=O)c1ccc(Br)cc1F)C1CC1. The molecule has 1 aliphatic rings. The zero-order valence-electron chi connectivity index (χ0n) is 8.99. The molecular weight excluding hydrogens is 287 g/mol. The summed E-state index contributed by atoms with van der Waals surface area (Å²) in [4.78, 5) is 13.5. The molecule has 0 N–H and O–H groups in total. The van der Waals surface area contributed by atoms with Gasteiger partial charge in [-0.05, 0) is 31.0 Å². The van der Waals surface area contributed by atoms with Gasteiger partial charge in [-0.2, -0.15) is 5.26 Å². The predicted molar refractivity (Wildman–Crippen MR) is 63.8 cm³/mol. The van der Waals surface area contributed by atoms with Crippen molar-refractivity contribution in [2.45, 2.75) is 18.9 Å². The van der Waals surface area contributed by atoms with Crippen molar-refractivity contribution in [3.05, 3.63) is 34.1 Å². The second kappa shape index (κ2) is 4.84. The minimum Gasteiger partial charge on any atom is -0.322 e. The maximum atomic E-state index is 13.6. The number of benzene rings is 1. The lowest BCUT2D eigenvalue weighted by atomic mass is 10.2. The van der Waals surface area contributed by atoms with Gasteiger partial charge in [0.2, 0.25) is 0 Å². The molecule has 1 saturated carbocycles. The molecule has 1 fully saturated rings. The summed E-state index contributed by atoms with van der Waals surface area (Å²) in [6.07, 6.45) is 1.79. The van der Waals surface area contributed by atoms with Crippen molar-refractivity contribution in [2.24, 2.45) is 0 Å². The molecule has 3 nitrogen and oxygen atoms in total. The average molecular weight is 297 g/mol. The molecule has 1 amide bonds. The first kappa shape index (κ1) is 12.1. The maximum absolute atomic E-state index is 13.6. The molecule has 2 rings (SSSR count). The smallest absolute Gasteiger partial charge is 0.257 e. The van der Waals surface area contributed by atoms with E-state index in [1.807, 2.05) is 6.07 Å². The van der Waals surface area contributed by atoms with Crippen LogP contribution < -0.4 is 0 Å². The molecule has 0 aliphatic heterocycles. The standard InChI is InChI=1S/C12H10BrFN2O/c13-8-1-4-10(11(14)7-8)12(17)16(6-5-15)9-2-3-9/h1,4,7,9H,2-3,6H2. The van der Waals surface area contributed by atoms with Gasteiger partial charge in [-0.3, -0.25) is 4.79 Å². The lowest BCUT2D eigenvalue weighted by molar-refractivity contribution is 0.0760. The highest BCUT2D eigenvalue weighted by atomic mass is 79.9. The van der Waals surface area contributed by atoms with Gasteiger partial charge >= 0.3 is 0 Å². The summed E-state index contributed by atoms with van der Waals surface area (Å²) < 4.78 is 14.2. The first-order chi connectivity index (χ1) is 8.13. The zero-order valence-corrected chi connectivity index (χ0v) is 10.6. The van der Waals surface area contributed by atoms with Gasteiger partial charge in [-0.15, -0.1) is 0 Å². The van der Waals surface area contributed by atoms with Gasteiger partial charge in [0, 0.05) is 10.5 Å². The summed E-state index contributed by atoms with van der Waals surface area (Å²) in [5.41, 5.74) is 0.0235. The van der Waals surface area contributed by atoms with Crippen LogP contribution in [-0.2, 0) is 0 Å². The number of rotatable bonds is 3. The first-order valence-corrected chi connectivity index (χ1v) is 6.05. The fourth-order valence-corrected chi connectivity index (χ4v) is 1.98. The molecule has 0 unspecified atom stereocenters. The van der Waals surface area contributed by atoms with Gasteiger partial charge in [-0.25, -0.2) is 4.39 Å². The molecule has 88 valence electrons. The third kappa shape index (κ3) is 2.64. The van der Waals surface area contributed by atoms with Gasteiger partial charge in [0.25, 0.3) is 5.91 Å². The summed E-state index contributed by atoms with van der Waals surface area (Å²) in [7, 11) is 0. The Kier molecular flexibility index (Phi) is 3.43. The van der Waals surface area contributed by atoms with E-state index in [1.165, 1.54) is 17.0 Å². The highest BCUT2D eigenvalue weighted by molar-refractivity contribution is 9.10. The Morgan fingerprint density at radius 1 is 1.59 bits per heavy atom. The summed E-state index contributed by atoms with van der Waals surface area (Å²) in [6, 6.07) is 6.36. The molecule has 0 bridgehead atoms. The number of hydrogen-bond donors (Lipinski definition) is 0. The number of carbonyl (C=O) groups excluding carboxylic acids is 1. The van der Waals surface area contributed by atoms with E-state index in [-0.39, 0.29) is 18.2 Å². The molecule has 1 aromatic carbocycles. The van der Waals surface area contributed by atoms with E-state index in [4.69, 9.17) is 5.26 Å². The Morgan fingerprint density at radius 3 is 2.82 bits per heavy atom. The van der Waals surface area contributed by atoms with Crippen LogP contribution in [0.1, 0.15) is 23.2 Å². The van der Waals surface area contributed by atoms with E-state index in [9.17, 15) is 9.18 Å². The number of nitrogens with zero attached hydrogens (tertiary/aromatic N) is 2. The van der Waals surface area contributed by atoms with Crippen LogP contribution in [0.3, 0.4) is 0 Å². The quantitative estimate of drug-likeness (QED) is 0.805. The van der Waals surface area contributed by atoms with Gasteiger partial charge in [-0.1, -0.05) is 15.9 Å². The lowest BCUT2D eigenvalue weighted by Crippen LogP contribution is -2.34. The van der Waals surface area contributed by atoms with Crippen molar-refractivity contribution < 1.29 is 9.18 Å². The molecule has 0 radical (unpaired) electrons. The summed E-state index contributed by atoms with van der Waals surface area (Å²) in [6.45, 7) is 0.0129. The summed E-state index contributed by atoms with van der Waals surface area (Å²) in [5, 5.41) is 8.68. The Balaban J connectivity index is 2.25. The molecule has 0 spiro atoms. The maximum Gasteiger partial charge on any atom is 0.257 e. The molecule has 1 aromatic rings. The molecule has 5 heteroatoms. The van der Waals surface area contributed by atoms with Crippen LogP contribution in [0, 0.1) is 17.1 Å². The largest absolute Gasteiger partial charge is 0.322 e. The highest BCUT2D eigenvalue weighted by Gasteiger charge is 2.33. The van der Waals surface area contributed by atoms with Crippen molar-refractivity contribution in [1.82, 2.24) is 4.90 Å². The minimum atomic E-state index is -0.562.